The Balaban J connectivity index is 1.71. The summed E-state index contributed by atoms with van der Waals surface area (Å²) in [6, 6.07) is 7.12. The van der Waals surface area contributed by atoms with Crippen molar-refractivity contribution in [2.24, 2.45) is 5.92 Å². The molecule has 1 aliphatic rings. The molecule has 0 bridgehead atoms. The van der Waals surface area contributed by atoms with Gasteiger partial charge in [0.05, 0.1) is 23.5 Å². The number of nitrogens with zero attached hydrogens (tertiary/aromatic N) is 3. The van der Waals surface area contributed by atoms with Crippen LogP contribution in [-0.2, 0) is 9.59 Å². The van der Waals surface area contributed by atoms with Crippen LogP contribution in [-0.4, -0.2) is 50.7 Å². The van der Waals surface area contributed by atoms with Crippen molar-refractivity contribution in [2.75, 3.05) is 18.4 Å². The Morgan fingerprint density at radius 3 is 2.79 bits per heavy atom. The molecule has 3 rings (SSSR count). The summed E-state index contributed by atoms with van der Waals surface area (Å²) in [4.78, 5) is 37.9. The van der Waals surface area contributed by atoms with Crippen LogP contribution in [0.1, 0.15) is 48.7 Å². The molecule has 1 saturated heterocycles. The molecule has 8 heteroatoms. The van der Waals surface area contributed by atoms with E-state index in [0.717, 1.165) is 19.3 Å². The Morgan fingerprint density at radius 1 is 1.31 bits per heavy atom. The molecule has 1 aromatic carbocycles. The third kappa shape index (κ3) is 4.64. The van der Waals surface area contributed by atoms with Crippen molar-refractivity contribution in [2.45, 2.75) is 39.5 Å². The smallest absolute Gasteiger partial charge is 0.339 e. The maximum absolute atomic E-state index is 12.8. The lowest BCUT2D eigenvalue weighted by molar-refractivity contribution is -0.134. The van der Waals surface area contributed by atoms with E-state index in [1.165, 1.54) is 10.9 Å². The van der Waals surface area contributed by atoms with Gasteiger partial charge in [-0.15, -0.1) is 0 Å². The van der Waals surface area contributed by atoms with Gasteiger partial charge in [-0.3, -0.25) is 9.59 Å². The van der Waals surface area contributed by atoms with Crippen LogP contribution in [0.25, 0.3) is 5.69 Å². The van der Waals surface area contributed by atoms with Crippen LogP contribution in [0.2, 0.25) is 0 Å². The lowest BCUT2D eigenvalue weighted by Crippen LogP contribution is -2.43. The maximum Gasteiger partial charge on any atom is 0.339 e. The van der Waals surface area contributed by atoms with Crippen molar-refractivity contribution in [1.82, 2.24) is 14.7 Å². The molecule has 1 atom stereocenters. The molecule has 1 aliphatic heterocycles. The molecule has 0 spiro atoms. The highest BCUT2D eigenvalue weighted by Gasteiger charge is 2.28. The average Bonchev–Trinajstić information content (AvgIpc) is 3.10. The van der Waals surface area contributed by atoms with Crippen LogP contribution in [0.5, 0.6) is 0 Å². The van der Waals surface area contributed by atoms with Crippen LogP contribution in [0, 0.1) is 12.8 Å². The number of carboxylic acids is 1. The SMILES string of the molecule is CCCC(=O)N1CCCC(C(=O)Nc2cccc(-n3ncc(C(=O)O)c3C)c2)C1. The summed E-state index contributed by atoms with van der Waals surface area (Å²) >= 11 is 0. The second-order valence-electron chi connectivity index (χ2n) is 7.33. The number of likely N-dealkylation sites (tertiary alicyclic amines) is 1. The van der Waals surface area contributed by atoms with Crippen molar-refractivity contribution in [1.29, 1.82) is 0 Å². The normalized spacial score (nSPS) is 16.5. The molecule has 0 saturated carbocycles. The van der Waals surface area contributed by atoms with Crippen molar-refractivity contribution in [3.8, 4) is 5.69 Å². The van der Waals surface area contributed by atoms with Gasteiger partial charge in [0.25, 0.3) is 0 Å². The van der Waals surface area contributed by atoms with Crippen molar-refractivity contribution >= 4 is 23.5 Å². The zero-order valence-corrected chi connectivity index (χ0v) is 16.7. The fourth-order valence-corrected chi connectivity index (χ4v) is 3.63. The molecular formula is C21H26N4O4. The Morgan fingerprint density at radius 2 is 2.10 bits per heavy atom. The maximum atomic E-state index is 12.8. The summed E-state index contributed by atoms with van der Waals surface area (Å²) in [6.07, 6.45) is 4.19. The number of rotatable bonds is 6. The third-order valence-corrected chi connectivity index (χ3v) is 5.21. The molecule has 8 nitrogen and oxygen atoms in total. The summed E-state index contributed by atoms with van der Waals surface area (Å²) in [5.74, 6) is -1.27. The number of nitrogens with one attached hydrogen (secondary N) is 1. The number of piperidine rings is 1. The summed E-state index contributed by atoms with van der Waals surface area (Å²) in [7, 11) is 0. The second kappa shape index (κ2) is 8.89. The van der Waals surface area contributed by atoms with E-state index in [9.17, 15) is 19.5 Å². The van der Waals surface area contributed by atoms with Gasteiger partial charge in [0, 0.05) is 25.2 Å². The first-order chi connectivity index (χ1) is 13.9. The van der Waals surface area contributed by atoms with Gasteiger partial charge in [-0.2, -0.15) is 5.10 Å². The average molecular weight is 398 g/mol. The van der Waals surface area contributed by atoms with E-state index in [2.05, 4.69) is 10.4 Å². The van der Waals surface area contributed by atoms with E-state index in [-0.39, 0.29) is 23.3 Å². The van der Waals surface area contributed by atoms with Gasteiger partial charge in [-0.25, -0.2) is 9.48 Å². The number of aromatic carboxylic acids is 1. The number of carboxylic acid groups (broad SMARTS) is 1. The van der Waals surface area contributed by atoms with Crippen LogP contribution in [0.15, 0.2) is 30.5 Å². The second-order valence-corrected chi connectivity index (χ2v) is 7.33. The van der Waals surface area contributed by atoms with E-state index >= 15 is 0 Å². The highest BCUT2D eigenvalue weighted by molar-refractivity contribution is 5.93. The zero-order valence-electron chi connectivity index (χ0n) is 16.7. The number of aromatic nitrogens is 2. The lowest BCUT2D eigenvalue weighted by Gasteiger charge is -2.32. The number of carbonyl (C=O) groups is 3. The lowest BCUT2D eigenvalue weighted by atomic mass is 9.96. The molecule has 2 heterocycles. The Kier molecular flexibility index (Phi) is 6.31. The minimum absolute atomic E-state index is 0.107. The van der Waals surface area contributed by atoms with Gasteiger partial charge in [-0.05, 0) is 44.4 Å². The number of hydrogen-bond donors (Lipinski definition) is 2. The van der Waals surface area contributed by atoms with Gasteiger partial charge in [0.1, 0.15) is 5.56 Å². The van der Waals surface area contributed by atoms with Crippen LogP contribution >= 0.6 is 0 Å². The van der Waals surface area contributed by atoms with Gasteiger partial charge in [-0.1, -0.05) is 13.0 Å². The van der Waals surface area contributed by atoms with Gasteiger partial charge >= 0.3 is 5.97 Å². The monoisotopic (exact) mass is 398 g/mol. The van der Waals surface area contributed by atoms with E-state index in [4.69, 9.17) is 0 Å². The first-order valence-corrected chi connectivity index (χ1v) is 9.87. The summed E-state index contributed by atoms with van der Waals surface area (Å²) < 4.78 is 1.53. The van der Waals surface area contributed by atoms with E-state index in [1.807, 2.05) is 6.92 Å². The molecule has 1 aromatic heterocycles. The minimum atomic E-state index is -1.03. The van der Waals surface area contributed by atoms with Crippen molar-refractivity contribution in [3.63, 3.8) is 0 Å². The van der Waals surface area contributed by atoms with E-state index < -0.39 is 5.97 Å². The van der Waals surface area contributed by atoms with Gasteiger partial charge < -0.3 is 15.3 Å². The van der Waals surface area contributed by atoms with E-state index in [0.29, 0.717) is 36.6 Å². The molecule has 1 unspecified atom stereocenters. The Hall–Kier alpha value is -3.16. The van der Waals surface area contributed by atoms with Crippen molar-refractivity contribution < 1.29 is 19.5 Å². The molecule has 29 heavy (non-hydrogen) atoms. The number of anilines is 1. The molecule has 2 amide bonds. The topological polar surface area (TPSA) is 105 Å². The number of benzene rings is 1. The number of carbonyl (C=O) groups excluding carboxylic acids is 2. The standard InChI is InChI=1S/C21H26N4O4/c1-3-6-19(26)24-10-5-7-15(13-24)20(27)23-16-8-4-9-17(11-16)25-14(2)18(12-22-25)21(28)29/h4,8-9,11-12,15H,3,5-7,10,13H2,1-2H3,(H,23,27)(H,28,29). The van der Waals surface area contributed by atoms with Crippen LogP contribution in [0.4, 0.5) is 5.69 Å². The molecule has 0 radical (unpaired) electrons. The number of hydrogen-bond acceptors (Lipinski definition) is 4. The highest BCUT2D eigenvalue weighted by atomic mass is 16.4. The van der Waals surface area contributed by atoms with Gasteiger partial charge in [0.15, 0.2) is 0 Å². The molecule has 1 fully saturated rings. The fourth-order valence-electron chi connectivity index (χ4n) is 3.63. The number of amides is 2. The highest BCUT2D eigenvalue weighted by Crippen LogP contribution is 2.22. The fraction of sp³-hybridized carbons (Fsp3) is 0.429. The van der Waals surface area contributed by atoms with Gasteiger partial charge in [0.2, 0.25) is 11.8 Å². The van der Waals surface area contributed by atoms with Crippen LogP contribution in [0.3, 0.4) is 0 Å². The molecular weight excluding hydrogens is 372 g/mol. The predicted octanol–water partition coefficient (Wildman–Crippen LogP) is 2.86. The minimum Gasteiger partial charge on any atom is -0.478 e. The molecule has 0 aliphatic carbocycles. The van der Waals surface area contributed by atoms with Crippen molar-refractivity contribution in [3.05, 3.63) is 41.7 Å². The Bertz CT molecular complexity index is 921. The quantitative estimate of drug-likeness (QED) is 0.779. The predicted molar refractivity (Wildman–Crippen MR) is 108 cm³/mol. The van der Waals surface area contributed by atoms with E-state index in [1.54, 1.807) is 36.1 Å². The zero-order chi connectivity index (χ0) is 21.0. The van der Waals surface area contributed by atoms with Crippen LogP contribution < -0.4 is 5.32 Å². The summed E-state index contributed by atoms with van der Waals surface area (Å²) in [5.41, 5.74) is 1.92. The molecule has 2 N–H and O–H groups in total. The largest absolute Gasteiger partial charge is 0.478 e. The third-order valence-electron chi connectivity index (χ3n) is 5.21. The summed E-state index contributed by atoms with van der Waals surface area (Å²) in [5, 5.41) is 16.3. The summed E-state index contributed by atoms with van der Waals surface area (Å²) in [6.45, 7) is 4.82. The molecule has 2 aromatic rings. The molecule has 154 valence electrons. The first-order valence-electron chi connectivity index (χ1n) is 9.87. The Labute approximate surface area is 169 Å². The first kappa shape index (κ1) is 20.6.